The predicted octanol–water partition coefficient (Wildman–Crippen LogP) is -1.28. The van der Waals surface area contributed by atoms with Gasteiger partial charge in [0.05, 0.1) is 12.9 Å². The van der Waals surface area contributed by atoms with Crippen molar-refractivity contribution >= 4 is 17.0 Å². The molecule has 0 saturated carbocycles. The van der Waals surface area contributed by atoms with Crippen LogP contribution in [0, 0.1) is 0 Å². The number of nitrogens with two attached hydrogens (primary N) is 1. The maximum atomic E-state index is 8.79. The molecule has 7 nitrogen and oxygen atoms in total. The van der Waals surface area contributed by atoms with Crippen molar-refractivity contribution in [3.05, 3.63) is 12.7 Å². The molecule has 2 heterocycles. The molecular formula is C7H9N5O2. The van der Waals surface area contributed by atoms with E-state index in [1.165, 1.54) is 17.2 Å². The van der Waals surface area contributed by atoms with Gasteiger partial charge in [-0.1, -0.05) is 0 Å². The molecule has 2 rings (SSSR count). The number of rotatable bonds is 2. The average molecular weight is 195 g/mol. The van der Waals surface area contributed by atoms with Gasteiger partial charge >= 0.3 is 0 Å². The summed E-state index contributed by atoms with van der Waals surface area (Å²) in [6.07, 6.45) is 1.30. The first-order chi connectivity index (χ1) is 6.68. The third-order valence-electron chi connectivity index (χ3n) is 1.79. The molecule has 0 saturated heterocycles. The van der Waals surface area contributed by atoms with Crippen molar-refractivity contribution in [1.82, 2.24) is 19.5 Å². The van der Waals surface area contributed by atoms with Gasteiger partial charge in [0.15, 0.2) is 17.8 Å². The average Bonchev–Trinajstić information content (AvgIpc) is 2.49. The second kappa shape index (κ2) is 3.20. The standard InChI is InChI=1S/C7H9N5O2/c8-6-5-7(10-2-9-6)12(3-11-5)1-4(13)14/h2-4,13-14H,1H2,(H2,8,9,10). The van der Waals surface area contributed by atoms with Gasteiger partial charge in [0, 0.05) is 0 Å². The number of hydrogen-bond donors (Lipinski definition) is 3. The van der Waals surface area contributed by atoms with E-state index in [0.29, 0.717) is 11.2 Å². The van der Waals surface area contributed by atoms with Crippen LogP contribution < -0.4 is 5.73 Å². The fraction of sp³-hybridized carbons (Fsp3) is 0.286. The molecule has 0 aliphatic rings. The van der Waals surface area contributed by atoms with Crippen molar-refractivity contribution < 1.29 is 10.2 Å². The summed E-state index contributed by atoms with van der Waals surface area (Å²) in [6.45, 7) is 0.00690. The van der Waals surface area contributed by atoms with Crippen LogP contribution in [0.3, 0.4) is 0 Å². The minimum atomic E-state index is -1.44. The minimum absolute atomic E-state index is 0.00690. The molecular weight excluding hydrogens is 186 g/mol. The smallest absolute Gasteiger partial charge is 0.169 e. The molecule has 0 aromatic carbocycles. The summed E-state index contributed by atoms with van der Waals surface area (Å²) in [5, 5.41) is 17.6. The molecule has 0 aliphatic heterocycles. The first-order valence-electron chi connectivity index (χ1n) is 3.96. The maximum Gasteiger partial charge on any atom is 0.169 e. The summed E-state index contributed by atoms with van der Waals surface area (Å²) in [7, 11) is 0. The second-order valence-corrected chi connectivity index (χ2v) is 2.81. The van der Waals surface area contributed by atoms with Crippen molar-refractivity contribution in [3.8, 4) is 0 Å². The Morgan fingerprint density at radius 1 is 1.36 bits per heavy atom. The lowest BCUT2D eigenvalue weighted by atomic mass is 10.5. The number of anilines is 1. The van der Waals surface area contributed by atoms with E-state index in [1.54, 1.807) is 0 Å². The van der Waals surface area contributed by atoms with E-state index >= 15 is 0 Å². The highest BCUT2D eigenvalue weighted by Gasteiger charge is 2.09. The topological polar surface area (TPSA) is 110 Å². The molecule has 2 aromatic heterocycles. The van der Waals surface area contributed by atoms with E-state index in [-0.39, 0.29) is 12.4 Å². The summed E-state index contributed by atoms with van der Waals surface area (Å²) in [4.78, 5) is 11.7. The maximum absolute atomic E-state index is 8.79. The molecule has 0 atom stereocenters. The van der Waals surface area contributed by atoms with E-state index < -0.39 is 6.29 Å². The second-order valence-electron chi connectivity index (χ2n) is 2.81. The lowest BCUT2D eigenvalue weighted by molar-refractivity contribution is -0.0506. The van der Waals surface area contributed by atoms with E-state index in [9.17, 15) is 0 Å². The Hall–Kier alpha value is -1.73. The number of hydrogen-bond acceptors (Lipinski definition) is 6. The zero-order valence-corrected chi connectivity index (χ0v) is 7.20. The number of nitrogens with zero attached hydrogens (tertiary/aromatic N) is 4. The number of fused-ring (bicyclic) bond motifs is 1. The van der Waals surface area contributed by atoms with Gasteiger partial charge in [-0.3, -0.25) is 0 Å². The van der Waals surface area contributed by atoms with Crippen LogP contribution in [0.4, 0.5) is 5.82 Å². The van der Waals surface area contributed by atoms with Gasteiger partial charge in [0.2, 0.25) is 0 Å². The minimum Gasteiger partial charge on any atom is -0.382 e. The van der Waals surface area contributed by atoms with E-state index in [2.05, 4.69) is 15.0 Å². The Balaban J connectivity index is 2.52. The van der Waals surface area contributed by atoms with Crippen LogP contribution in [-0.4, -0.2) is 36.0 Å². The van der Waals surface area contributed by atoms with Crippen molar-refractivity contribution in [2.45, 2.75) is 12.8 Å². The van der Waals surface area contributed by atoms with Crippen LogP contribution in [0.5, 0.6) is 0 Å². The zero-order valence-electron chi connectivity index (χ0n) is 7.20. The fourth-order valence-electron chi connectivity index (χ4n) is 1.21. The van der Waals surface area contributed by atoms with Crippen LogP contribution in [0.2, 0.25) is 0 Å². The SMILES string of the molecule is Nc1ncnc2c1ncn2CC(O)O. The molecule has 0 radical (unpaired) electrons. The van der Waals surface area contributed by atoms with E-state index in [0.717, 1.165) is 0 Å². The van der Waals surface area contributed by atoms with Gasteiger partial charge in [-0.2, -0.15) is 0 Å². The van der Waals surface area contributed by atoms with Crippen LogP contribution in [0.25, 0.3) is 11.2 Å². The molecule has 0 unspecified atom stereocenters. The molecule has 0 spiro atoms. The summed E-state index contributed by atoms with van der Waals surface area (Å²) < 4.78 is 1.50. The highest BCUT2D eigenvalue weighted by Crippen LogP contribution is 2.13. The fourth-order valence-corrected chi connectivity index (χ4v) is 1.21. The normalized spacial score (nSPS) is 11.4. The van der Waals surface area contributed by atoms with Crippen LogP contribution in [0.15, 0.2) is 12.7 Å². The van der Waals surface area contributed by atoms with Gasteiger partial charge in [0.25, 0.3) is 0 Å². The monoisotopic (exact) mass is 195 g/mol. The Morgan fingerprint density at radius 2 is 2.14 bits per heavy atom. The van der Waals surface area contributed by atoms with Crippen molar-refractivity contribution in [2.75, 3.05) is 5.73 Å². The summed E-state index contributed by atoms with van der Waals surface area (Å²) in [5.41, 5.74) is 6.51. The first kappa shape index (κ1) is 8.85. The number of aliphatic hydroxyl groups excluding tert-OH is 1. The largest absolute Gasteiger partial charge is 0.382 e. The Bertz CT molecular complexity index is 452. The first-order valence-corrected chi connectivity index (χ1v) is 3.96. The molecule has 74 valence electrons. The lowest BCUT2D eigenvalue weighted by Gasteiger charge is -2.04. The molecule has 4 N–H and O–H groups in total. The number of aromatic nitrogens is 4. The van der Waals surface area contributed by atoms with Crippen LogP contribution in [0.1, 0.15) is 0 Å². The van der Waals surface area contributed by atoms with E-state index in [4.69, 9.17) is 15.9 Å². The highest BCUT2D eigenvalue weighted by atomic mass is 16.5. The van der Waals surface area contributed by atoms with Crippen molar-refractivity contribution in [2.24, 2.45) is 0 Å². The molecule has 14 heavy (non-hydrogen) atoms. The van der Waals surface area contributed by atoms with Gasteiger partial charge in [-0.25, -0.2) is 15.0 Å². The molecule has 0 amide bonds. The molecule has 0 fully saturated rings. The summed E-state index contributed by atoms with van der Waals surface area (Å²) in [5.74, 6) is 0.279. The molecule has 0 bridgehead atoms. The Kier molecular flexibility index (Phi) is 2.02. The van der Waals surface area contributed by atoms with Gasteiger partial charge in [-0.15, -0.1) is 0 Å². The van der Waals surface area contributed by atoms with Crippen molar-refractivity contribution in [1.29, 1.82) is 0 Å². The lowest BCUT2D eigenvalue weighted by Crippen LogP contribution is -2.14. The Labute approximate surface area is 78.8 Å². The number of nitrogen functional groups attached to an aromatic ring is 1. The van der Waals surface area contributed by atoms with Gasteiger partial charge < -0.3 is 20.5 Å². The van der Waals surface area contributed by atoms with Gasteiger partial charge in [0.1, 0.15) is 11.8 Å². The zero-order chi connectivity index (χ0) is 10.1. The third kappa shape index (κ3) is 1.38. The van der Waals surface area contributed by atoms with E-state index in [1.807, 2.05) is 0 Å². The number of aliphatic hydroxyl groups is 2. The van der Waals surface area contributed by atoms with Gasteiger partial charge in [-0.05, 0) is 0 Å². The number of imidazole rings is 1. The van der Waals surface area contributed by atoms with Crippen LogP contribution >= 0.6 is 0 Å². The third-order valence-corrected chi connectivity index (χ3v) is 1.79. The molecule has 2 aromatic rings. The molecule has 7 heteroatoms. The summed E-state index contributed by atoms with van der Waals surface area (Å²) >= 11 is 0. The predicted molar refractivity (Wildman–Crippen MR) is 48.0 cm³/mol. The van der Waals surface area contributed by atoms with Crippen molar-refractivity contribution in [3.63, 3.8) is 0 Å². The summed E-state index contributed by atoms with van der Waals surface area (Å²) in [6, 6.07) is 0. The quantitative estimate of drug-likeness (QED) is 0.515. The van der Waals surface area contributed by atoms with Crippen LogP contribution in [-0.2, 0) is 6.54 Å². The Morgan fingerprint density at radius 3 is 2.86 bits per heavy atom. The highest BCUT2D eigenvalue weighted by molar-refractivity contribution is 5.80. The molecule has 0 aliphatic carbocycles.